The van der Waals surface area contributed by atoms with Crippen molar-refractivity contribution in [1.82, 2.24) is 0 Å². The van der Waals surface area contributed by atoms with Gasteiger partial charge in [-0.25, -0.2) is 0 Å². The van der Waals surface area contributed by atoms with Gasteiger partial charge in [0.15, 0.2) is 0 Å². The van der Waals surface area contributed by atoms with Gasteiger partial charge >= 0.3 is 0 Å². The summed E-state index contributed by atoms with van der Waals surface area (Å²) < 4.78 is 11.0. The van der Waals surface area contributed by atoms with E-state index in [2.05, 4.69) is 6.07 Å². The van der Waals surface area contributed by atoms with Crippen molar-refractivity contribution in [3.05, 3.63) is 29.8 Å². The zero-order valence-corrected chi connectivity index (χ0v) is 9.35. The van der Waals surface area contributed by atoms with Crippen LogP contribution in [0.5, 0.6) is 5.75 Å². The second kappa shape index (κ2) is 5.00. The number of hydrogen-bond acceptors (Lipinski definition) is 3. The summed E-state index contributed by atoms with van der Waals surface area (Å²) in [6, 6.07) is 9.76. The summed E-state index contributed by atoms with van der Waals surface area (Å²) in [7, 11) is 1.67. The predicted molar refractivity (Wildman–Crippen MR) is 59.9 cm³/mol. The lowest BCUT2D eigenvalue weighted by molar-refractivity contribution is -0.0683. The molecule has 1 aromatic carbocycles. The highest BCUT2D eigenvalue weighted by molar-refractivity contribution is 5.30. The highest BCUT2D eigenvalue weighted by Gasteiger charge is 2.33. The minimum Gasteiger partial charge on any atom is -0.465 e. The lowest BCUT2D eigenvalue weighted by Crippen LogP contribution is -2.21. The van der Waals surface area contributed by atoms with Crippen LogP contribution in [-0.4, -0.2) is 13.4 Å². The van der Waals surface area contributed by atoms with Gasteiger partial charge in [-0.15, -0.1) is 0 Å². The van der Waals surface area contributed by atoms with Crippen LogP contribution >= 0.6 is 0 Å². The molecule has 1 aliphatic rings. The first-order chi connectivity index (χ1) is 7.83. The number of methoxy groups -OCH3 is 1. The van der Waals surface area contributed by atoms with Crippen LogP contribution in [0.2, 0.25) is 0 Å². The Morgan fingerprint density at radius 2 is 2.31 bits per heavy atom. The van der Waals surface area contributed by atoms with Crippen LogP contribution in [-0.2, 0) is 11.2 Å². The maximum absolute atomic E-state index is 8.62. The van der Waals surface area contributed by atoms with Gasteiger partial charge < -0.3 is 9.47 Å². The Balaban J connectivity index is 2.02. The van der Waals surface area contributed by atoms with E-state index in [9.17, 15) is 0 Å². The molecule has 0 heterocycles. The van der Waals surface area contributed by atoms with Crippen LogP contribution in [0.25, 0.3) is 0 Å². The fourth-order valence-electron chi connectivity index (χ4n) is 1.66. The summed E-state index contributed by atoms with van der Waals surface area (Å²) in [6.07, 6.45) is 2.63. The second-order valence-electron chi connectivity index (χ2n) is 4.04. The molecule has 3 heteroatoms. The topological polar surface area (TPSA) is 42.2 Å². The first-order valence-electron chi connectivity index (χ1n) is 5.49. The minimum atomic E-state index is -0.141. The molecule has 0 spiro atoms. The molecule has 1 saturated carbocycles. The maximum atomic E-state index is 8.62. The van der Waals surface area contributed by atoms with Crippen LogP contribution < -0.4 is 4.74 Å². The fraction of sp³-hybridized carbons (Fsp3) is 0.462. The first-order valence-corrected chi connectivity index (χ1v) is 5.49. The average Bonchev–Trinajstić information content (AvgIpc) is 3.11. The van der Waals surface area contributed by atoms with Crippen LogP contribution in [0.3, 0.4) is 0 Å². The summed E-state index contributed by atoms with van der Waals surface area (Å²) in [5.74, 6) is 1.32. The molecule has 2 rings (SSSR count). The van der Waals surface area contributed by atoms with Crippen LogP contribution in [0, 0.1) is 17.2 Å². The summed E-state index contributed by atoms with van der Waals surface area (Å²) in [5.41, 5.74) is 0.977. The molecule has 3 nitrogen and oxygen atoms in total. The highest BCUT2D eigenvalue weighted by Crippen LogP contribution is 2.35. The predicted octanol–water partition coefficient (Wildman–Crippen LogP) is 2.51. The molecule has 0 aliphatic heterocycles. The number of benzene rings is 1. The molecule has 1 unspecified atom stereocenters. The SMILES string of the molecule is COC(Oc1cccc(CC#N)c1)C1CC1. The van der Waals surface area contributed by atoms with Gasteiger partial charge in [0.1, 0.15) is 5.75 Å². The molecule has 0 amide bonds. The van der Waals surface area contributed by atoms with E-state index >= 15 is 0 Å². The Morgan fingerprint density at radius 1 is 1.50 bits per heavy atom. The molecule has 0 bridgehead atoms. The number of rotatable bonds is 5. The molecule has 0 radical (unpaired) electrons. The summed E-state index contributed by atoms with van der Waals surface area (Å²) in [4.78, 5) is 0. The Morgan fingerprint density at radius 3 is 2.94 bits per heavy atom. The van der Waals surface area contributed by atoms with E-state index in [1.165, 1.54) is 12.8 Å². The lowest BCUT2D eigenvalue weighted by Gasteiger charge is -2.17. The van der Waals surface area contributed by atoms with E-state index in [1.54, 1.807) is 7.11 Å². The molecule has 0 aromatic heterocycles. The number of hydrogen-bond donors (Lipinski definition) is 0. The van der Waals surface area contributed by atoms with E-state index in [0.29, 0.717) is 12.3 Å². The Hall–Kier alpha value is -1.53. The molecule has 1 aliphatic carbocycles. The van der Waals surface area contributed by atoms with Gasteiger partial charge in [0, 0.05) is 13.0 Å². The summed E-state index contributed by atoms with van der Waals surface area (Å²) >= 11 is 0. The number of nitrogens with zero attached hydrogens (tertiary/aromatic N) is 1. The Kier molecular flexibility index (Phi) is 3.43. The van der Waals surface area contributed by atoms with Crippen molar-refractivity contribution in [2.24, 2.45) is 5.92 Å². The quantitative estimate of drug-likeness (QED) is 0.712. The standard InChI is InChI=1S/C13H15NO2/c1-15-13(11-5-6-11)16-12-4-2-3-10(9-12)7-8-14/h2-4,9,11,13H,5-7H2,1H3. The van der Waals surface area contributed by atoms with Gasteiger partial charge in [0.2, 0.25) is 6.29 Å². The highest BCUT2D eigenvalue weighted by atomic mass is 16.7. The molecular weight excluding hydrogens is 202 g/mol. The third kappa shape index (κ3) is 2.74. The van der Waals surface area contributed by atoms with E-state index in [0.717, 1.165) is 11.3 Å². The molecule has 84 valence electrons. The molecule has 0 saturated heterocycles. The van der Waals surface area contributed by atoms with Crippen molar-refractivity contribution in [2.45, 2.75) is 25.6 Å². The van der Waals surface area contributed by atoms with Crippen molar-refractivity contribution in [3.63, 3.8) is 0 Å². The third-order valence-corrected chi connectivity index (χ3v) is 2.67. The zero-order chi connectivity index (χ0) is 11.4. The fourth-order valence-corrected chi connectivity index (χ4v) is 1.66. The first kappa shape index (κ1) is 11.0. The van der Waals surface area contributed by atoms with E-state index in [4.69, 9.17) is 14.7 Å². The lowest BCUT2D eigenvalue weighted by atomic mass is 10.1. The normalized spacial score (nSPS) is 16.5. The van der Waals surface area contributed by atoms with Crippen molar-refractivity contribution in [2.75, 3.05) is 7.11 Å². The van der Waals surface area contributed by atoms with Gasteiger partial charge in [-0.05, 0) is 30.5 Å². The van der Waals surface area contributed by atoms with Gasteiger partial charge in [-0.1, -0.05) is 12.1 Å². The van der Waals surface area contributed by atoms with Crippen LogP contribution in [0.1, 0.15) is 18.4 Å². The van der Waals surface area contributed by atoms with E-state index in [-0.39, 0.29) is 6.29 Å². The van der Waals surface area contributed by atoms with E-state index < -0.39 is 0 Å². The maximum Gasteiger partial charge on any atom is 0.202 e. The van der Waals surface area contributed by atoms with Crippen molar-refractivity contribution in [1.29, 1.82) is 5.26 Å². The van der Waals surface area contributed by atoms with Gasteiger partial charge in [0.25, 0.3) is 0 Å². The van der Waals surface area contributed by atoms with Gasteiger partial charge in [-0.3, -0.25) is 0 Å². The van der Waals surface area contributed by atoms with E-state index in [1.807, 2.05) is 24.3 Å². The van der Waals surface area contributed by atoms with Crippen molar-refractivity contribution in [3.8, 4) is 11.8 Å². The smallest absolute Gasteiger partial charge is 0.202 e. The molecular formula is C13H15NO2. The average molecular weight is 217 g/mol. The van der Waals surface area contributed by atoms with Crippen LogP contribution in [0.4, 0.5) is 0 Å². The van der Waals surface area contributed by atoms with Gasteiger partial charge in [-0.2, -0.15) is 5.26 Å². The van der Waals surface area contributed by atoms with Crippen LogP contribution in [0.15, 0.2) is 24.3 Å². The second-order valence-corrected chi connectivity index (χ2v) is 4.04. The van der Waals surface area contributed by atoms with Gasteiger partial charge in [0.05, 0.1) is 12.5 Å². The van der Waals surface area contributed by atoms with Crippen molar-refractivity contribution < 1.29 is 9.47 Å². The Labute approximate surface area is 95.6 Å². The number of ether oxygens (including phenoxy) is 2. The molecule has 0 N–H and O–H groups in total. The molecule has 1 aromatic rings. The summed E-state index contributed by atoms with van der Waals surface area (Å²) in [6.45, 7) is 0. The van der Waals surface area contributed by atoms with Crippen molar-refractivity contribution >= 4 is 0 Å². The third-order valence-electron chi connectivity index (χ3n) is 2.67. The molecule has 1 atom stereocenters. The largest absolute Gasteiger partial charge is 0.465 e. The minimum absolute atomic E-state index is 0.141. The monoisotopic (exact) mass is 217 g/mol. The number of nitriles is 1. The summed E-state index contributed by atoms with van der Waals surface area (Å²) in [5, 5.41) is 8.62. The zero-order valence-electron chi connectivity index (χ0n) is 9.35. The molecule has 16 heavy (non-hydrogen) atoms. The Bertz CT molecular complexity index is 393. The molecule has 1 fully saturated rings.